The molecule has 0 aliphatic heterocycles. The first kappa shape index (κ1) is 11.3. The molecule has 0 amide bonds. The van der Waals surface area contributed by atoms with Gasteiger partial charge in [-0.3, -0.25) is 0 Å². The number of aromatic nitrogens is 1. The van der Waals surface area contributed by atoms with Gasteiger partial charge in [0, 0.05) is 15.3 Å². The van der Waals surface area contributed by atoms with E-state index in [0.717, 1.165) is 9.26 Å². The molecule has 0 N–H and O–H groups in total. The zero-order valence-electron chi connectivity index (χ0n) is 8.58. The van der Waals surface area contributed by atoms with Gasteiger partial charge >= 0.3 is 0 Å². The van der Waals surface area contributed by atoms with Crippen LogP contribution in [-0.4, -0.2) is 4.98 Å². The first-order chi connectivity index (χ1) is 7.65. The lowest BCUT2D eigenvalue weighted by atomic mass is 10.3. The summed E-state index contributed by atoms with van der Waals surface area (Å²) in [5, 5.41) is 0. The minimum absolute atomic E-state index is 0.193. The van der Waals surface area contributed by atoms with E-state index in [0.29, 0.717) is 5.88 Å². The molecule has 0 aliphatic carbocycles. The zero-order valence-corrected chi connectivity index (χ0v) is 10.7. The average molecular weight is 329 g/mol. The second kappa shape index (κ2) is 4.78. The predicted molar refractivity (Wildman–Crippen MR) is 68.2 cm³/mol. The summed E-state index contributed by atoms with van der Waals surface area (Å²) in [6.07, 6.45) is 0. The zero-order chi connectivity index (χ0) is 11.5. The summed E-state index contributed by atoms with van der Waals surface area (Å²) < 4.78 is 19.7. The molecule has 0 saturated heterocycles. The lowest BCUT2D eigenvalue weighted by molar-refractivity contribution is 0.426. The second-order valence-electron chi connectivity index (χ2n) is 3.29. The molecular weight excluding hydrogens is 320 g/mol. The van der Waals surface area contributed by atoms with E-state index in [2.05, 4.69) is 4.98 Å². The highest BCUT2D eigenvalue weighted by Gasteiger charge is 2.05. The van der Waals surface area contributed by atoms with Gasteiger partial charge in [-0.05, 0) is 53.8 Å². The summed E-state index contributed by atoms with van der Waals surface area (Å²) in [5.74, 6) is 0.217. The van der Waals surface area contributed by atoms with E-state index in [1.54, 1.807) is 18.2 Å². The van der Waals surface area contributed by atoms with Crippen LogP contribution >= 0.6 is 22.6 Å². The summed E-state index contributed by atoms with van der Waals surface area (Å²) in [6, 6.07) is 10.2. The molecule has 2 aromatic rings. The van der Waals surface area contributed by atoms with E-state index < -0.39 is 0 Å². The summed E-state index contributed by atoms with van der Waals surface area (Å²) in [5.41, 5.74) is 0.836. The maximum Gasteiger partial charge on any atom is 0.219 e. The van der Waals surface area contributed by atoms with Crippen molar-refractivity contribution in [3.8, 4) is 11.6 Å². The Bertz CT molecular complexity index is 516. The number of rotatable bonds is 2. The number of halogens is 2. The average Bonchev–Trinajstić information content (AvgIpc) is 2.22. The number of nitrogens with zero attached hydrogens (tertiary/aromatic N) is 1. The number of aryl methyl sites for hydroxylation is 1. The molecule has 0 radical (unpaired) electrons. The maximum atomic E-state index is 13.5. The first-order valence-corrected chi connectivity index (χ1v) is 5.79. The molecule has 2 nitrogen and oxygen atoms in total. The van der Waals surface area contributed by atoms with Crippen molar-refractivity contribution in [1.82, 2.24) is 4.98 Å². The van der Waals surface area contributed by atoms with Gasteiger partial charge < -0.3 is 4.74 Å². The molecule has 0 aliphatic rings. The van der Waals surface area contributed by atoms with E-state index in [4.69, 9.17) is 4.74 Å². The Balaban J connectivity index is 2.27. The monoisotopic (exact) mass is 329 g/mol. The third-order valence-electron chi connectivity index (χ3n) is 1.97. The van der Waals surface area contributed by atoms with E-state index in [1.165, 1.54) is 6.07 Å². The van der Waals surface area contributed by atoms with Crippen molar-refractivity contribution in [2.24, 2.45) is 0 Å². The Morgan fingerprint density at radius 3 is 2.75 bits per heavy atom. The van der Waals surface area contributed by atoms with Gasteiger partial charge in [0.1, 0.15) is 0 Å². The van der Waals surface area contributed by atoms with Gasteiger partial charge in [0.25, 0.3) is 0 Å². The lowest BCUT2D eigenvalue weighted by Crippen LogP contribution is -1.92. The standard InChI is InChI=1S/C12H9FINO/c1-8-3-2-4-12(15-8)16-11-6-5-9(14)7-10(11)13/h2-7H,1H3. The van der Waals surface area contributed by atoms with Crippen molar-refractivity contribution >= 4 is 22.6 Å². The Kier molecular flexibility index (Phi) is 3.38. The normalized spacial score (nSPS) is 10.2. The molecule has 0 bridgehead atoms. The van der Waals surface area contributed by atoms with Crippen LogP contribution in [0.1, 0.15) is 5.69 Å². The molecule has 0 atom stereocenters. The molecule has 0 spiro atoms. The third kappa shape index (κ3) is 2.69. The number of benzene rings is 1. The van der Waals surface area contributed by atoms with Crippen LogP contribution in [-0.2, 0) is 0 Å². The van der Waals surface area contributed by atoms with E-state index in [-0.39, 0.29) is 11.6 Å². The highest BCUT2D eigenvalue weighted by atomic mass is 127. The van der Waals surface area contributed by atoms with Crippen LogP contribution in [0.2, 0.25) is 0 Å². The Labute approximate surface area is 107 Å². The Hall–Kier alpha value is -1.17. The summed E-state index contributed by atoms with van der Waals surface area (Å²) in [6.45, 7) is 1.86. The molecule has 1 aromatic heterocycles. The molecular formula is C12H9FINO. The van der Waals surface area contributed by atoms with Crippen molar-refractivity contribution in [3.63, 3.8) is 0 Å². The fourth-order valence-electron chi connectivity index (χ4n) is 1.25. The second-order valence-corrected chi connectivity index (χ2v) is 4.54. The Morgan fingerprint density at radius 1 is 1.25 bits per heavy atom. The number of ether oxygens (including phenoxy) is 1. The van der Waals surface area contributed by atoms with Crippen LogP contribution in [0.15, 0.2) is 36.4 Å². The Morgan fingerprint density at radius 2 is 2.06 bits per heavy atom. The van der Waals surface area contributed by atoms with Crippen molar-refractivity contribution in [1.29, 1.82) is 0 Å². The number of hydrogen-bond acceptors (Lipinski definition) is 2. The van der Waals surface area contributed by atoms with Gasteiger partial charge in [-0.2, -0.15) is 0 Å². The minimum Gasteiger partial charge on any atom is -0.436 e. The van der Waals surface area contributed by atoms with Crippen LogP contribution in [0.5, 0.6) is 11.6 Å². The molecule has 1 aromatic carbocycles. The molecule has 16 heavy (non-hydrogen) atoms. The fourth-order valence-corrected chi connectivity index (χ4v) is 1.70. The molecule has 82 valence electrons. The van der Waals surface area contributed by atoms with Crippen molar-refractivity contribution in [3.05, 3.63) is 51.5 Å². The van der Waals surface area contributed by atoms with E-state index in [9.17, 15) is 4.39 Å². The van der Waals surface area contributed by atoms with Gasteiger partial charge in [0.15, 0.2) is 11.6 Å². The summed E-state index contributed by atoms with van der Waals surface area (Å²) in [7, 11) is 0. The van der Waals surface area contributed by atoms with Gasteiger partial charge in [-0.15, -0.1) is 0 Å². The van der Waals surface area contributed by atoms with Gasteiger partial charge in [0.05, 0.1) is 0 Å². The third-order valence-corrected chi connectivity index (χ3v) is 2.64. The SMILES string of the molecule is Cc1cccc(Oc2ccc(I)cc2F)n1. The molecule has 0 unspecified atom stereocenters. The molecule has 2 rings (SSSR count). The minimum atomic E-state index is -0.379. The van der Waals surface area contributed by atoms with Crippen molar-refractivity contribution < 1.29 is 9.13 Å². The van der Waals surface area contributed by atoms with Crippen LogP contribution in [0.3, 0.4) is 0 Å². The fraction of sp³-hybridized carbons (Fsp3) is 0.0833. The largest absolute Gasteiger partial charge is 0.436 e. The summed E-state index contributed by atoms with van der Waals surface area (Å²) in [4.78, 5) is 4.14. The smallest absolute Gasteiger partial charge is 0.219 e. The van der Waals surface area contributed by atoms with E-state index in [1.807, 2.05) is 41.6 Å². The quantitative estimate of drug-likeness (QED) is 0.779. The van der Waals surface area contributed by atoms with Crippen molar-refractivity contribution in [2.75, 3.05) is 0 Å². The molecule has 1 heterocycles. The lowest BCUT2D eigenvalue weighted by Gasteiger charge is -2.06. The number of pyridine rings is 1. The predicted octanol–water partition coefficient (Wildman–Crippen LogP) is 3.93. The van der Waals surface area contributed by atoms with Gasteiger partial charge in [0.2, 0.25) is 5.88 Å². The molecule has 0 fully saturated rings. The van der Waals surface area contributed by atoms with Crippen molar-refractivity contribution in [2.45, 2.75) is 6.92 Å². The molecule has 0 saturated carbocycles. The van der Waals surface area contributed by atoms with Crippen LogP contribution in [0.4, 0.5) is 4.39 Å². The molecule has 4 heteroatoms. The van der Waals surface area contributed by atoms with E-state index >= 15 is 0 Å². The first-order valence-electron chi connectivity index (χ1n) is 4.72. The number of hydrogen-bond donors (Lipinski definition) is 0. The summed E-state index contributed by atoms with van der Waals surface area (Å²) >= 11 is 2.05. The van der Waals surface area contributed by atoms with Gasteiger partial charge in [-0.1, -0.05) is 6.07 Å². The van der Waals surface area contributed by atoms with Crippen LogP contribution in [0.25, 0.3) is 0 Å². The highest BCUT2D eigenvalue weighted by Crippen LogP contribution is 2.24. The topological polar surface area (TPSA) is 22.1 Å². The highest BCUT2D eigenvalue weighted by molar-refractivity contribution is 14.1. The van der Waals surface area contributed by atoms with Crippen LogP contribution in [0, 0.1) is 16.3 Å². The van der Waals surface area contributed by atoms with Gasteiger partial charge in [-0.25, -0.2) is 9.37 Å². The van der Waals surface area contributed by atoms with Crippen LogP contribution < -0.4 is 4.74 Å². The maximum absolute atomic E-state index is 13.5.